The van der Waals surface area contributed by atoms with E-state index < -0.39 is 10.2 Å². The van der Waals surface area contributed by atoms with Crippen molar-refractivity contribution in [1.82, 2.24) is 8.61 Å². The topological polar surface area (TPSA) is 59.1 Å². The van der Waals surface area contributed by atoms with Gasteiger partial charge in [-0.2, -0.15) is 17.0 Å². The molecule has 6 nitrogen and oxygen atoms in total. The lowest BCUT2D eigenvalue weighted by molar-refractivity contribution is 0.0122. The number of ether oxygens (including phenoxy) is 2. The van der Waals surface area contributed by atoms with Gasteiger partial charge in [-0.25, -0.2) is 0 Å². The van der Waals surface area contributed by atoms with E-state index in [0.29, 0.717) is 19.5 Å². The van der Waals surface area contributed by atoms with Crippen molar-refractivity contribution in [3.63, 3.8) is 0 Å². The summed E-state index contributed by atoms with van der Waals surface area (Å²) in [4.78, 5) is 0. The van der Waals surface area contributed by atoms with E-state index in [1.807, 2.05) is 24.3 Å². The summed E-state index contributed by atoms with van der Waals surface area (Å²) >= 11 is 0. The maximum atomic E-state index is 12.4. The highest BCUT2D eigenvalue weighted by molar-refractivity contribution is 7.86. The molecule has 0 aromatic heterocycles. The van der Waals surface area contributed by atoms with Crippen LogP contribution in [0.3, 0.4) is 0 Å². The molecule has 23 heavy (non-hydrogen) atoms. The number of hydrogen-bond donors (Lipinski definition) is 0. The van der Waals surface area contributed by atoms with Crippen molar-refractivity contribution in [3.8, 4) is 5.75 Å². The van der Waals surface area contributed by atoms with Crippen LogP contribution in [0.15, 0.2) is 24.3 Å². The molecule has 1 fully saturated rings. The maximum absolute atomic E-state index is 12.4. The van der Waals surface area contributed by atoms with Gasteiger partial charge in [0.15, 0.2) is 0 Å². The van der Waals surface area contributed by atoms with Gasteiger partial charge in [-0.1, -0.05) is 12.1 Å². The highest BCUT2D eigenvalue weighted by Gasteiger charge is 2.35. The molecule has 7 heteroatoms. The Bertz CT molecular complexity index is 601. The van der Waals surface area contributed by atoms with Crippen molar-refractivity contribution in [3.05, 3.63) is 29.8 Å². The summed E-state index contributed by atoms with van der Waals surface area (Å²) in [6.07, 6.45) is 1.57. The average molecular weight is 342 g/mol. The average Bonchev–Trinajstić information content (AvgIpc) is 2.55. The van der Waals surface area contributed by atoms with Crippen molar-refractivity contribution in [1.29, 1.82) is 0 Å². The zero-order chi connectivity index (χ0) is 17.0. The molecule has 1 heterocycles. The first-order valence-corrected chi connectivity index (χ1v) is 9.11. The summed E-state index contributed by atoms with van der Waals surface area (Å²) in [5.74, 6) is 0.953. The molecule has 1 saturated heterocycles. The molecule has 2 atom stereocenters. The van der Waals surface area contributed by atoms with Crippen LogP contribution in [-0.2, 0) is 21.4 Å². The molecule has 0 unspecified atom stereocenters. The molecule has 0 radical (unpaired) electrons. The molecule has 0 spiro atoms. The predicted molar refractivity (Wildman–Crippen MR) is 89.8 cm³/mol. The van der Waals surface area contributed by atoms with Gasteiger partial charge in [0.2, 0.25) is 0 Å². The van der Waals surface area contributed by atoms with E-state index in [0.717, 1.165) is 17.7 Å². The third kappa shape index (κ3) is 4.23. The van der Waals surface area contributed by atoms with E-state index in [-0.39, 0.29) is 12.0 Å². The quantitative estimate of drug-likeness (QED) is 0.784. The smallest absolute Gasteiger partial charge is 0.281 e. The van der Waals surface area contributed by atoms with E-state index in [2.05, 4.69) is 0 Å². The van der Waals surface area contributed by atoms with Crippen molar-refractivity contribution >= 4 is 10.2 Å². The largest absolute Gasteiger partial charge is 0.497 e. The fourth-order valence-corrected chi connectivity index (χ4v) is 4.17. The number of piperidine rings is 1. The minimum Gasteiger partial charge on any atom is -0.497 e. The van der Waals surface area contributed by atoms with Gasteiger partial charge >= 0.3 is 0 Å². The van der Waals surface area contributed by atoms with Crippen LogP contribution in [0.5, 0.6) is 5.75 Å². The number of rotatable bonds is 6. The SMILES string of the molecule is COc1ccc(C[C@H]2CN(S(=O)(=O)N(C)C)CC[C@@H]2OC)cc1. The number of nitrogens with zero attached hydrogens (tertiary/aromatic N) is 2. The van der Waals surface area contributed by atoms with Gasteiger partial charge in [0, 0.05) is 40.2 Å². The lowest BCUT2D eigenvalue weighted by Crippen LogP contribution is -2.50. The van der Waals surface area contributed by atoms with E-state index in [1.165, 1.54) is 4.31 Å². The van der Waals surface area contributed by atoms with Gasteiger partial charge in [-0.15, -0.1) is 0 Å². The highest BCUT2D eigenvalue weighted by atomic mass is 32.2. The Kier molecular flexibility index (Phi) is 6.02. The number of methoxy groups -OCH3 is 2. The van der Waals surface area contributed by atoms with Gasteiger partial charge in [0.1, 0.15) is 5.75 Å². The number of hydrogen-bond acceptors (Lipinski definition) is 4. The van der Waals surface area contributed by atoms with Crippen molar-refractivity contribution in [2.45, 2.75) is 18.9 Å². The predicted octanol–water partition coefficient (Wildman–Crippen LogP) is 1.38. The second-order valence-electron chi connectivity index (χ2n) is 6.02. The van der Waals surface area contributed by atoms with E-state index in [1.54, 1.807) is 32.6 Å². The third-order valence-corrected chi connectivity index (χ3v) is 6.28. The molecular formula is C16H26N2O4S. The van der Waals surface area contributed by atoms with Crippen molar-refractivity contribution < 1.29 is 17.9 Å². The molecule has 0 bridgehead atoms. The van der Waals surface area contributed by atoms with Crippen LogP contribution in [0.2, 0.25) is 0 Å². The molecule has 0 saturated carbocycles. The molecule has 0 aliphatic carbocycles. The van der Waals surface area contributed by atoms with Gasteiger partial charge in [-0.05, 0) is 30.5 Å². The summed E-state index contributed by atoms with van der Waals surface area (Å²) in [5, 5.41) is 0. The lowest BCUT2D eigenvalue weighted by Gasteiger charge is -2.38. The summed E-state index contributed by atoms with van der Waals surface area (Å²) in [6, 6.07) is 7.89. The molecule has 130 valence electrons. The fourth-order valence-electron chi connectivity index (χ4n) is 2.99. The third-order valence-electron chi connectivity index (χ3n) is 4.37. The molecule has 1 aliphatic heterocycles. The number of benzene rings is 1. The van der Waals surface area contributed by atoms with Crippen LogP contribution in [0.1, 0.15) is 12.0 Å². The summed E-state index contributed by atoms with van der Waals surface area (Å²) < 4.78 is 38.3. The van der Waals surface area contributed by atoms with Crippen LogP contribution in [0.4, 0.5) is 0 Å². The standard InChI is InChI=1S/C16H26N2O4S/c1-17(2)23(19,20)18-10-9-16(22-4)14(12-18)11-13-5-7-15(21-3)8-6-13/h5-8,14,16H,9-12H2,1-4H3/t14-,16-/m0/s1. The van der Waals surface area contributed by atoms with Crippen LogP contribution >= 0.6 is 0 Å². The van der Waals surface area contributed by atoms with E-state index in [4.69, 9.17) is 9.47 Å². The Morgan fingerprint density at radius 2 is 1.87 bits per heavy atom. The van der Waals surface area contributed by atoms with Crippen molar-refractivity contribution in [2.24, 2.45) is 5.92 Å². The summed E-state index contributed by atoms with van der Waals surface area (Å²) in [6.45, 7) is 0.975. The van der Waals surface area contributed by atoms with Crippen LogP contribution in [0, 0.1) is 5.92 Å². The molecule has 0 N–H and O–H groups in total. The van der Waals surface area contributed by atoms with Gasteiger partial charge in [0.25, 0.3) is 10.2 Å². The van der Waals surface area contributed by atoms with Gasteiger partial charge in [0.05, 0.1) is 13.2 Å². The first-order valence-electron chi connectivity index (χ1n) is 7.71. The first kappa shape index (κ1) is 18.2. The Morgan fingerprint density at radius 3 is 2.39 bits per heavy atom. The second-order valence-corrected chi connectivity index (χ2v) is 8.17. The Labute approximate surface area is 139 Å². The molecule has 0 amide bonds. The monoisotopic (exact) mass is 342 g/mol. The zero-order valence-electron chi connectivity index (χ0n) is 14.2. The molecule has 1 aliphatic rings. The molecule has 1 aromatic carbocycles. The van der Waals surface area contributed by atoms with Crippen molar-refractivity contribution in [2.75, 3.05) is 41.4 Å². The lowest BCUT2D eigenvalue weighted by atomic mass is 9.89. The maximum Gasteiger partial charge on any atom is 0.281 e. The molecule has 1 aromatic rings. The normalized spacial score (nSPS) is 23.2. The van der Waals surface area contributed by atoms with E-state index >= 15 is 0 Å². The van der Waals surface area contributed by atoms with Crippen LogP contribution in [-0.4, -0.2) is 64.5 Å². The molecular weight excluding hydrogens is 316 g/mol. The fraction of sp³-hybridized carbons (Fsp3) is 0.625. The Balaban J connectivity index is 2.12. The summed E-state index contributed by atoms with van der Waals surface area (Å²) in [5.41, 5.74) is 1.15. The van der Waals surface area contributed by atoms with Gasteiger partial charge < -0.3 is 9.47 Å². The van der Waals surface area contributed by atoms with Crippen LogP contribution in [0.25, 0.3) is 0 Å². The minimum absolute atomic E-state index is 0.0747. The van der Waals surface area contributed by atoms with Crippen LogP contribution < -0.4 is 4.74 Å². The van der Waals surface area contributed by atoms with Gasteiger partial charge in [-0.3, -0.25) is 0 Å². The highest BCUT2D eigenvalue weighted by Crippen LogP contribution is 2.26. The Morgan fingerprint density at radius 1 is 1.22 bits per heavy atom. The second kappa shape index (κ2) is 7.61. The summed E-state index contributed by atoms with van der Waals surface area (Å²) in [7, 11) is 3.09. The van der Waals surface area contributed by atoms with E-state index in [9.17, 15) is 8.42 Å². The zero-order valence-corrected chi connectivity index (χ0v) is 15.0. The first-order chi connectivity index (χ1) is 10.9. The molecule has 2 rings (SSSR count). The minimum atomic E-state index is -3.38. The Hall–Kier alpha value is -1.15.